The number of para-hydroxylation sites is 1. The van der Waals surface area contributed by atoms with Crippen LogP contribution >= 0.6 is 0 Å². The van der Waals surface area contributed by atoms with Gasteiger partial charge in [0.05, 0.1) is 5.69 Å². The lowest BCUT2D eigenvalue weighted by Crippen LogP contribution is -2.35. The maximum Gasteiger partial charge on any atom is 0.347 e. The lowest BCUT2D eigenvalue weighted by atomic mass is 10.1. The van der Waals surface area contributed by atoms with Crippen LogP contribution < -0.4 is 10.1 Å². The van der Waals surface area contributed by atoms with Gasteiger partial charge in [-0.05, 0) is 57.5 Å². The van der Waals surface area contributed by atoms with Gasteiger partial charge in [0.1, 0.15) is 5.75 Å². The van der Waals surface area contributed by atoms with E-state index in [2.05, 4.69) is 5.32 Å². The van der Waals surface area contributed by atoms with E-state index in [0.717, 1.165) is 5.56 Å². The first-order valence-electron chi connectivity index (χ1n) is 8.62. The summed E-state index contributed by atoms with van der Waals surface area (Å²) in [5.41, 5.74) is 1.77. The summed E-state index contributed by atoms with van der Waals surface area (Å²) in [5.74, 6) is -0.804. The number of anilines is 1. The molecular formula is C21H23NO5. The minimum absolute atomic E-state index is 0.171. The molecule has 2 atom stereocenters. The summed E-state index contributed by atoms with van der Waals surface area (Å²) in [6.45, 7) is 6.35. The van der Waals surface area contributed by atoms with Crippen molar-refractivity contribution >= 4 is 23.3 Å². The van der Waals surface area contributed by atoms with Gasteiger partial charge in [-0.2, -0.15) is 0 Å². The minimum Gasteiger partial charge on any atom is -0.479 e. The van der Waals surface area contributed by atoms with Crippen molar-refractivity contribution < 1.29 is 23.9 Å². The molecule has 0 heterocycles. The van der Waals surface area contributed by atoms with Crippen LogP contribution in [0.3, 0.4) is 0 Å². The molecule has 1 N–H and O–H groups in total. The van der Waals surface area contributed by atoms with Gasteiger partial charge in [0.25, 0.3) is 5.91 Å². The SMILES string of the molecule is CC(=O)c1ccccc1NC(=O)[C@H](C)OC(=O)[C@H](C)Oc1cccc(C)c1. The van der Waals surface area contributed by atoms with Crippen molar-refractivity contribution in [1.82, 2.24) is 0 Å². The smallest absolute Gasteiger partial charge is 0.347 e. The van der Waals surface area contributed by atoms with Crippen molar-refractivity contribution in [2.45, 2.75) is 39.9 Å². The molecule has 27 heavy (non-hydrogen) atoms. The number of ketones is 1. The number of amides is 1. The molecule has 0 bridgehead atoms. The van der Waals surface area contributed by atoms with Gasteiger partial charge < -0.3 is 14.8 Å². The van der Waals surface area contributed by atoms with Crippen LogP contribution in [0.15, 0.2) is 48.5 Å². The number of ether oxygens (including phenoxy) is 2. The van der Waals surface area contributed by atoms with Crippen molar-refractivity contribution in [3.8, 4) is 5.75 Å². The van der Waals surface area contributed by atoms with Gasteiger partial charge in [-0.3, -0.25) is 9.59 Å². The van der Waals surface area contributed by atoms with E-state index in [9.17, 15) is 14.4 Å². The number of rotatable bonds is 7. The summed E-state index contributed by atoms with van der Waals surface area (Å²) in [7, 11) is 0. The Morgan fingerprint density at radius 3 is 2.33 bits per heavy atom. The van der Waals surface area contributed by atoms with Crippen LogP contribution in [0, 0.1) is 6.92 Å². The van der Waals surface area contributed by atoms with Gasteiger partial charge in [0.15, 0.2) is 18.0 Å². The number of carbonyl (C=O) groups excluding carboxylic acids is 3. The van der Waals surface area contributed by atoms with E-state index < -0.39 is 24.1 Å². The Bertz CT molecular complexity index is 846. The second-order valence-corrected chi connectivity index (χ2v) is 6.25. The van der Waals surface area contributed by atoms with Crippen molar-refractivity contribution in [2.24, 2.45) is 0 Å². The standard InChI is InChI=1S/C21H23NO5/c1-13-8-7-9-17(12-13)26-16(4)21(25)27-15(3)20(24)22-19-11-6-5-10-18(19)14(2)23/h5-12,15-16H,1-4H3,(H,22,24)/t15-,16-/m0/s1. The van der Waals surface area contributed by atoms with Gasteiger partial charge in [-0.15, -0.1) is 0 Å². The average molecular weight is 369 g/mol. The van der Waals surface area contributed by atoms with E-state index in [0.29, 0.717) is 17.0 Å². The van der Waals surface area contributed by atoms with Crippen LogP contribution in [-0.2, 0) is 14.3 Å². The van der Waals surface area contributed by atoms with E-state index in [4.69, 9.17) is 9.47 Å². The molecular weight excluding hydrogens is 346 g/mol. The van der Waals surface area contributed by atoms with Gasteiger partial charge in [0, 0.05) is 5.56 Å². The second kappa shape index (κ2) is 8.98. The fourth-order valence-corrected chi connectivity index (χ4v) is 2.40. The van der Waals surface area contributed by atoms with E-state index >= 15 is 0 Å². The van der Waals surface area contributed by atoms with Crippen molar-refractivity contribution in [2.75, 3.05) is 5.32 Å². The molecule has 2 aromatic carbocycles. The number of carbonyl (C=O) groups is 3. The third kappa shape index (κ3) is 5.67. The van der Waals surface area contributed by atoms with E-state index in [1.165, 1.54) is 13.8 Å². The Hall–Kier alpha value is -3.15. The molecule has 1 amide bonds. The first-order valence-corrected chi connectivity index (χ1v) is 8.62. The zero-order chi connectivity index (χ0) is 20.0. The summed E-state index contributed by atoms with van der Waals surface area (Å²) >= 11 is 0. The zero-order valence-corrected chi connectivity index (χ0v) is 15.8. The first kappa shape index (κ1) is 20.2. The summed E-state index contributed by atoms with van der Waals surface area (Å²) in [4.78, 5) is 36.1. The van der Waals surface area contributed by atoms with Gasteiger partial charge in [-0.25, -0.2) is 4.79 Å². The Labute approximate surface area is 158 Å². The van der Waals surface area contributed by atoms with Crippen LogP contribution in [0.1, 0.15) is 36.7 Å². The number of hydrogen-bond donors (Lipinski definition) is 1. The van der Waals surface area contributed by atoms with Crippen LogP contribution in [-0.4, -0.2) is 29.9 Å². The normalized spacial score (nSPS) is 12.6. The molecule has 0 radical (unpaired) electrons. The molecule has 142 valence electrons. The maximum atomic E-state index is 12.3. The number of Topliss-reactive ketones (excluding diaryl/α,β-unsaturated/α-hetero) is 1. The maximum absolute atomic E-state index is 12.3. The summed E-state index contributed by atoms with van der Waals surface area (Å²) < 4.78 is 10.7. The number of aryl methyl sites for hydroxylation is 1. The molecule has 0 aliphatic carbocycles. The fraction of sp³-hybridized carbons (Fsp3) is 0.286. The van der Waals surface area contributed by atoms with E-state index in [-0.39, 0.29) is 5.78 Å². The highest BCUT2D eigenvalue weighted by Gasteiger charge is 2.24. The number of esters is 1. The van der Waals surface area contributed by atoms with Crippen molar-refractivity contribution in [1.29, 1.82) is 0 Å². The molecule has 6 nitrogen and oxygen atoms in total. The number of benzene rings is 2. The molecule has 0 aromatic heterocycles. The Morgan fingerprint density at radius 2 is 1.67 bits per heavy atom. The fourth-order valence-electron chi connectivity index (χ4n) is 2.40. The van der Waals surface area contributed by atoms with E-state index in [1.54, 1.807) is 43.3 Å². The van der Waals surface area contributed by atoms with Gasteiger partial charge in [-0.1, -0.05) is 24.3 Å². The molecule has 0 aliphatic heterocycles. The van der Waals surface area contributed by atoms with Crippen LogP contribution in [0.4, 0.5) is 5.69 Å². The summed E-state index contributed by atoms with van der Waals surface area (Å²) in [6.07, 6.45) is -1.91. The van der Waals surface area contributed by atoms with Crippen molar-refractivity contribution in [3.05, 3.63) is 59.7 Å². The topological polar surface area (TPSA) is 81.7 Å². The lowest BCUT2D eigenvalue weighted by molar-refractivity contribution is -0.159. The minimum atomic E-state index is -1.04. The Morgan fingerprint density at radius 1 is 0.963 bits per heavy atom. The van der Waals surface area contributed by atoms with E-state index in [1.807, 2.05) is 19.1 Å². The molecule has 0 saturated heterocycles. The molecule has 0 aliphatic rings. The quantitative estimate of drug-likeness (QED) is 0.596. The highest BCUT2D eigenvalue weighted by Crippen LogP contribution is 2.17. The predicted octanol–water partition coefficient (Wildman–Crippen LogP) is 3.54. The van der Waals surface area contributed by atoms with Gasteiger partial charge >= 0.3 is 5.97 Å². The highest BCUT2D eigenvalue weighted by molar-refractivity contribution is 6.04. The van der Waals surface area contributed by atoms with Gasteiger partial charge in [0.2, 0.25) is 0 Å². The molecule has 0 fully saturated rings. The monoisotopic (exact) mass is 369 g/mol. The number of nitrogens with one attached hydrogen (secondary N) is 1. The second-order valence-electron chi connectivity index (χ2n) is 6.25. The molecule has 2 aromatic rings. The molecule has 0 unspecified atom stereocenters. The van der Waals surface area contributed by atoms with Crippen LogP contribution in [0.2, 0.25) is 0 Å². The Kier molecular flexibility index (Phi) is 6.71. The molecule has 6 heteroatoms. The van der Waals surface area contributed by atoms with Crippen molar-refractivity contribution in [3.63, 3.8) is 0 Å². The highest BCUT2D eigenvalue weighted by atomic mass is 16.6. The number of hydrogen-bond acceptors (Lipinski definition) is 5. The lowest BCUT2D eigenvalue weighted by Gasteiger charge is -2.18. The average Bonchev–Trinajstić information content (AvgIpc) is 2.61. The molecule has 0 saturated carbocycles. The molecule has 2 rings (SSSR count). The zero-order valence-electron chi connectivity index (χ0n) is 15.8. The van der Waals surface area contributed by atoms with Crippen LogP contribution in [0.25, 0.3) is 0 Å². The largest absolute Gasteiger partial charge is 0.479 e. The first-order chi connectivity index (χ1) is 12.8. The summed E-state index contributed by atoms with van der Waals surface area (Å²) in [5, 5.41) is 2.62. The predicted molar refractivity (Wildman–Crippen MR) is 102 cm³/mol. The third-order valence-electron chi connectivity index (χ3n) is 3.86. The molecule has 0 spiro atoms. The third-order valence-corrected chi connectivity index (χ3v) is 3.86. The van der Waals surface area contributed by atoms with Crippen LogP contribution in [0.5, 0.6) is 5.75 Å². The Balaban J connectivity index is 1.95. The summed E-state index contributed by atoms with van der Waals surface area (Å²) in [6, 6.07) is 13.9.